The molecule has 1 fully saturated rings. The van der Waals surface area contributed by atoms with Crippen LogP contribution in [0.3, 0.4) is 0 Å². The molecule has 40 heavy (non-hydrogen) atoms. The predicted octanol–water partition coefficient (Wildman–Crippen LogP) is 3.84. The summed E-state index contributed by atoms with van der Waals surface area (Å²) >= 11 is 1.42. The van der Waals surface area contributed by atoms with E-state index in [1.807, 2.05) is 16.8 Å². The van der Waals surface area contributed by atoms with E-state index in [0.717, 1.165) is 28.1 Å². The minimum atomic E-state index is -0.607. The molecule has 3 N–H and O–H groups in total. The molecule has 0 unspecified atom stereocenters. The molecule has 0 spiro atoms. The second-order valence-corrected chi connectivity index (χ2v) is 10.3. The van der Waals surface area contributed by atoms with Crippen LogP contribution >= 0.6 is 11.3 Å². The molecule has 11 nitrogen and oxygen atoms in total. The standard InChI is InChI=1S/C27H29FN6O5S/c1-38-11-10-34(25(36)15-35)9-8-33-14-21(30-16-33)24-13-20-26(40-24)23(6-7-29-20)39-22-5-4-18(12-19(22)28)32-27(37)31-17-2-3-17/h4-7,12-14,16-17,35H,2-3,8-11,15H2,1H3,(H2,31,32,37). The molecule has 1 aromatic carbocycles. The molecule has 1 aliphatic rings. The van der Waals surface area contributed by atoms with Crippen LogP contribution in [-0.4, -0.2) is 75.9 Å². The lowest BCUT2D eigenvalue weighted by molar-refractivity contribution is -0.135. The number of methoxy groups -OCH3 is 1. The maximum atomic E-state index is 14.8. The molecule has 3 heterocycles. The fourth-order valence-corrected chi connectivity index (χ4v) is 5.02. The third-order valence-electron chi connectivity index (χ3n) is 6.27. The zero-order valence-electron chi connectivity index (χ0n) is 21.8. The number of imidazole rings is 1. The fourth-order valence-electron chi connectivity index (χ4n) is 3.99. The van der Waals surface area contributed by atoms with Crippen LogP contribution in [0.5, 0.6) is 11.5 Å². The van der Waals surface area contributed by atoms with Gasteiger partial charge in [-0.25, -0.2) is 14.2 Å². The number of carbonyl (C=O) groups excluding carboxylic acids is 2. The van der Waals surface area contributed by atoms with Crippen molar-refractivity contribution in [3.8, 4) is 22.1 Å². The number of nitrogens with zero attached hydrogens (tertiary/aromatic N) is 4. The van der Waals surface area contributed by atoms with E-state index in [4.69, 9.17) is 9.47 Å². The van der Waals surface area contributed by atoms with E-state index >= 15 is 0 Å². The molecule has 5 rings (SSSR count). The summed E-state index contributed by atoms with van der Waals surface area (Å²) in [5.74, 6) is -0.496. The molecule has 13 heteroatoms. The number of aromatic nitrogens is 3. The Morgan fingerprint density at radius 2 is 2.05 bits per heavy atom. The number of rotatable bonds is 12. The number of aliphatic hydroxyl groups excluding tert-OH is 1. The summed E-state index contributed by atoms with van der Waals surface area (Å²) in [6.07, 6.45) is 7.06. The Hall–Kier alpha value is -4.07. The number of urea groups is 1. The molecule has 4 aromatic rings. The highest BCUT2D eigenvalue weighted by molar-refractivity contribution is 7.22. The van der Waals surface area contributed by atoms with Crippen LogP contribution in [0.15, 0.2) is 49.1 Å². The summed E-state index contributed by atoms with van der Waals surface area (Å²) in [4.78, 5) is 35.2. The average Bonchev–Trinajstić information content (AvgIpc) is 3.44. The quantitative estimate of drug-likeness (QED) is 0.237. The topological polar surface area (TPSA) is 131 Å². The van der Waals surface area contributed by atoms with E-state index in [-0.39, 0.29) is 23.7 Å². The number of aliphatic hydroxyl groups is 1. The van der Waals surface area contributed by atoms with E-state index in [1.165, 1.54) is 23.5 Å². The molecular formula is C27H29FN6O5S. The number of hydrogen-bond donors (Lipinski definition) is 3. The maximum Gasteiger partial charge on any atom is 0.319 e. The number of carbonyl (C=O) groups is 2. The number of halogens is 1. The van der Waals surface area contributed by atoms with Crippen molar-refractivity contribution in [3.63, 3.8) is 0 Å². The molecule has 0 bridgehead atoms. The number of pyridine rings is 1. The van der Waals surface area contributed by atoms with Crippen LogP contribution in [-0.2, 0) is 16.1 Å². The highest BCUT2D eigenvalue weighted by atomic mass is 32.1. The monoisotopic (exact) mass is 568 g/mol. The van der Waals surface area contributed by atoms with Gasteiger partial charge in [0.15, 0.2) is 11.6 Å². The summed E-state index contributed by atoms with van der Waals surface area (Å²) in [5, 5.41) is 14.6. The van der Waals surface area contributed by atoms with Crippen LogP contribution in [0.25, 0.3) is 20.8 Å². The smallest absolute Gasteiger partial charge is 0.319 e. The summed E-state index contributed by atoms with van der Waals surface area (Å²) < 4.78 is 28.4. The van der Waals surface area contributed by atoms with Gasteiger partial charge >= 0.3 is 6.03 Å². The van der Waals surface area contributed by atoms with Gasteiger partial charge in [-0.3, -0.25) is 9.78 Å². The molecule has 210 valence electrons. The SMILES string of the molecule is COCCN(CCn1cnc(-c2cc3nccc(Oc4ccc(NC(=O)NC5CC5)cc4F)c3s2)c1)C(=O)CO. The first-order valence-corrected chi connectivity index (χ1v) is 13.6. The van der Waals surface area contributed by atoms with Crippen molar-refractivity contribution in [1.29, 1.82) is 0 Å². The number of fused-ring (bicyclic) bond motifs is 1. The van der Waals surface area contributed by atoms with Gasteiger partial charge in [0, 0.05) is 63.0 Å². The van der Waals surface area contributed by atoms with Crippen LogP contribution in [0.1, 0.15) is 12.8 Å². The van der Waals surface area contributed by atoms with Gasteiger partial charge in [-0.05, 0) is 31.0 Å². The summed E-state index contributed by atoms with van der Waals surface area (Å²) in [6, 6.07) is 7.68. The van der Waals surface area contributed by atoms with Gasteiger partial charge in [-0.1, -0.05) is 0 Å². The fraction of sp³-hybridized carbons (Fsp3) is 0.333. The van der Waals surface area contributed by atoms with Crippen LogP contribution in [0, 0.1) is 5.82 Å². The van der Waals surface area contributed by atoms with Crippen LogP contribution in [0.2, 0.25) is 0 Å². The number of thiophene rings is 1. The minimum absolute atomic E-state index is 0.0235. The van der Waals surface area contributed by atoms with Crippen molar-refractivity contribution in [1.82, 2.24) is 24.8 Å². The Morgan fingerprint density at radius 3 is 2.80 bits per heavy atom. The Balaban J connectivity index is 1.27. The number of benzene rings is 1. The molecule has 1 aliphatic carbocycles. The largest absolute Gasteiger partial charge is 0.453 e. The van der Waals surface area contributed by atoms with E-state index in [0.29, 0.717) is 43.2 Å². The third kappa shape index (κ3) is 6.73. The lowest BCUT2D eigenvalue weighted by atomic mass is 10.3. The number of hydrogen-bond acceptors (Lipinski definition) is 8. The van der Waals surface area contributed by atoms with E-state index in [2.05, 4.69) is 20.6 Å². The first kappa shape index (κ1) is 27.5. The Kier molecular flexibility index (Phi) is 8.53. The van der Waals surface area contributed by atoms with Gasteiger partial charge < -0.3 is 34.7 Å². The number of ether oxygens (including phenoxy) is 2. The Bertz CT molecular complexity index is 1500. The van der Waals surface area contributed by atoms with Crippen molar-refractivity contribution in [2.24, 2.45) is 0 Å². The number of nitrogens with one attached hydrogen (secondary N) is 2. The van der Waals surface area contributed by atoms with Crippen molar-refractivity contribution >= 4 is 39.2 Å². The van der Waals surface area contributed by atoms with E-state index in [1.54, 1.807) is 36.7 Å². The second kappa shape index (κ2) is 12.4. The first-order valence-electron chi connectivity index (χ1n) is 12.8. The Morgan fingerprint density at radius 1 is 1.20 bits per heavy atom. The van der Waals surface area contributed by atoms with Gasteiger partial charge in [0.25, 0.3) is 0 Å². The summed E-state index contributed by atoms with van der Waals surface area (Å²) in [5.41, 5.74) is 1.73. The highest BCUT2D eigenvalue weighted by Gasteiger charge is 2.23. The zero-order valence-corrected chi connectivity index (χ0v) is 22.6. The summed E-state index contributed by atoms with van der Waals surface area (Å²) in [6.45, 7) is 1.10. The van der Waals surface area contributed by atoms with Gasteiger partial charge in [-0.15, -0.1) is 11.3 Å². The number of amides is 3. The van der Waals surface area contributed by atoms with Crippen LogP contribution in [0.4, 0.5) is 14.9 Å². The normalized spacial score (nSPS) is 12.9. The molecule has 3 aromatic heterocycles. The molecule has 0 radical (unpaired) electrons. The van der Waals surface area contributed by atoms with Gasteiger partial charge in [-0.2, -0.15) is 0 Å². The van der Waals surface area contributed by atoms with Gasteiger partial charge in [0.2, 0.25) is 5.91 Å². The summed E-state index contributed by atoms with van der Waals surface area (Å²) in [7, 11) is 1.56. The maximum absolute atomic E-state index is 14.8. The van der Waals surface area contributed by atoms with Crippen molar-refractivity contribution in [2.75, 3.05) is 38.7 Å². The average molecular weight is 569 g/mol. The first-order chi connectivity index (χ1) is 19.4. The van der Waals surface area contributed by atoms with Crippen molar-refractivity contribution < 1.29 is 28.6 Å². The lowest BCUT2D eigenvalue weighted by Crippen LogP contribution is -2.38. The molecule has 0 saturated heterocycles. The minimum Gasteiger partial charge on any atom is -0.453 e. The molecular weight excluding hydrogens is 539 g/mol. The highest BCUT2D eigenvalue weighted by Crippen LogP contribution is 2.39. The van der Waals surface area contributed by atoms with Crippen molar-refractivity contribution in [2.45, 2.75) is 25.4 Å². The molecule has 3 amide bonds. The van der Waals surface area contributed by atoms with Crippen molar-refractivity contribution in [3.05, 3.63) is 54.9 Å². The molecule has 0 aliphatic heterocycles. The lowest BCUT2D eigenvalue weighted by Gasteiger charge is -2.21. The van der Waals surface area contributed by atoms with E-state index in [9.17, 15) is 19.1 Å². The predicted molar refractivity (Wildman–Crippen MR) is 148 cm³/mol. The van der Waals surface area contributed by atoms with Crippen LogP contribution < -0.4 is 15.4 Å². The van der Waals surface area contributed by atoms with Gasteiger partial charge in [0.05, 0.1) is 33.7 Å². The number of anilines is 1. The zero-order chi connectivity index (χ0) is 28.1. The third-order valence-corrected chi connectivity index (χ3v) is 7.43. The van der Waals surface area contributed by atoms with E-state index < -0.39 is 12.4 Å². The van der Waals surface area contributed by atoms with Gasteiger partial charge in [0.1, 0.15) is 12.4 Å². The Labute approximate surface area is 233 Å². The molecule has 1 saturated carbocycles. The molecule has 0 atom stereocenters. The second-order valence-electron chi connectivity index (χ2n) is 9.28.